The van der Waals surface area contributed by atoms with Crippen molar-refractivity contribution in [2.24, 2.45) is 0 Å². The largest absolute Gasteiger partial charge is 0.379 e. The smallest absolute Gasteiger partial charge is 0.161 e. The highest BCUT2D eigenvalue weighted by atomic mass is 16.5. The number of nitrogens with one attached hydrogen (secondary N) is 1. The predicted molar refractivity (Wildman–Crippen MR) is 120 cm³/mol. The van der Waals surface area contributed by atoms with Crippen LogP contribution in [0.1, 0.15) is 12.0 Å². The Bertz CT molecular complexity index is 830. The highest BCUT2D eigenvalue weighted by molar-refractivity contribution is 5.63. The maximum Gasteiger partial charge on any atom is 0.161 e. The number of anilines is 2. The normalized spacial score (nSPS) is 19.9. The number of fused-ring (bicyclic) bond motifs is 1. The zero-order valence-electron chi connectivity index (χ0n) is 17.7. The number of rotatable bonds is 6. The summed E-state index contributed by atoms with van der Waals surface area (Å²) in [4.78, 5) is 17.0. The van der Waals surface area contributed by atoms with E-state index in [1.165, 1.54) is 11.3 Å². The number of morpholine rings is 1. The lowest BCUT2D eigenvalue weighted by molar-refractivity contribution is 0.0376. The Morgan fingerprint density at radius 2 is 1.73 bits per heavy atom. The molecule has 2 saturated heterocycles. The molecule has 7 heteroatoms. The van der Waals surface area contributed by atoms with Gasteiger partial charge in [0.2, 0.25) is 0 Å². The molecule has 2 fully saturated rings. The first-order valence-electron chi connectivity index (χ1n) is 11.3. The lowest BCUT2D eigenvalue weighted by Gasteiger charge is -2.29. The molecule has 3 aliphatic rings. The van der Waals surface area contributed by atoms with E-state index in [4.69, 9.17) is 9.72 Å². The van der Waals surface area contributed by atoms with E-state index in [0.717, 1.165) is 102 Å². The highest BCUT2D eigenvalue weighted by Crippen LogP contribution is 2.28. The van der Waals surface area contributed by atoms with E-state index in [1.54, 1.807) is 0 Å². The van der Waals surface area contributed by atoms with Gasteiger partial charge in [-0.25, -0.2) is 9.97 Å². The summed E-state index contributed by atoms with van der Waals surface area (Å²) >= 11 is 0. The predicted octanol–water partition coefficient (Wildman–Crippen LogP) is 1.64. The van der Waals surface area contributed by atoms with Crippen LogP contribution in [0.3, 0.4) is 0 Å². The molecule has 1 aromatic carbocycles. The van der Waals surface area contributed by atoms with Crippen molar-refractivity contribution in [1.82, 2.24) is 20.2 Å². The molecule has 0 unspecified atom stereocenters. The van der Waals surface area contributed by atoms with Crippen LogP contribution in [-0.4, -0.2) is 87.0 Å². The van der Waals surface area contributed by atoms with Crippen LogP contribution in [0, 0.1) is 0 Å². The van der Waals surface area contributed by atoms with E-state index in [-0.39, 0.29) is 0 Å². The van der Waals surface area contributed by atoms with Crippen LogP contribution < -0.4 is 15.1 Å². The molecule has 1 N–H and O–H groups in total. The van der Waals surface area contributed by atoms with E-state index >= 15 is 0 Å². The Balaban J connectivity index is 1.23. The molecule has 2 aromatic rings. The van der Waals surface area contributed by atoms with Crippen LogP contribution >= 0.6 is 0 Å². The third kappa shape index (κ3) is 4.43. The number of hydrogen-bond donors (Lipinski definition) is 1. The molecular formula is C23H32N6O. The van der Waals surface area contributed by atoms with Crippen molar-refractivity contribution in [3.05, 3.63) is 36.0 Å². The van der Waals surface area contributed by atoms with E-state index in [2.05, 4.69) is 49.3 Å². The Kier molecular flexibility index (Phi) is 6.11. The van der Waals surface area contributed by atoms with Gasteiger partial charge in [0.1, 0.15) is 5.82 Å². The van der Waals surface area contributed by atoms with Crippen LogP contribution in [0.4, 0.5) is 11.5 Å². The van der Waals surface area contributed by atoms with Crippen LogP contribution in [0.25, 0.3) is 11.4 Å². The first-order chi connectivity index (χ1) is 14.9. The Morgan fingerprint density at radius 1 is 0.933 bits per heavy atom. The van der Waals surface area contributed by atoms with Gasteiger partial charge in [0.05, 0.1) is 13.2 Å². The second-order valence-electron chi connectivity index (χ2n) is 8.37. The number of hydrogen-bond acceptors (Lipinski definition) is 7. The summed E-state index contributed by atoms with van der Waals surface area (Å²) in [5.41, 5.74) is 3.66. The molecule has 0 radical (unpaired) electrons. The SMILES string of the molecule is c1cc(N2CCNCC2)ccc1-c1ncc2c(n1)N(CCCN1CCOCC1)CC2. The molecule has 1 aromatic heterocycles. The molecule has 160 valence electrons. The van der Waals surface area contributed by atoms with E-state index in [9.17, 15) is 0 Å². The topological polar surface area (TPSA) is 56.8 Å². The number of piperazine rings is 1. The molecule has 5 rings (SSSR count). The molecule has 30 heavy (non-hydrogen) atoms. The van der Waals surface area contributed by atoms with Crippen LogP contribution in [-0.2, 0) is 11.2 Å². The zero-order chi connectivity index (χ0) is 20.2. The standard InChI is InChI=1S/C23H32N6O/c1(9-27-14-16-30-17-15-27)10-29-11-6-20-18-25-22(26-23(20)29)19-2-4-21(5-3-19)28-12-7-24-8-13-28/h2-5,18,24H,1,6-17H2. The number of aromatic nitrogens is 2. The minimum absolute atomic E-state index is 0.834. The number of nitrogens with zero attached hydrogens (tertiary/aromatic N) is 5. The van der Waals surface area contributed by atoms with Gasteiger partial charge in [-0.05, 0) is 37.1 Å². The van der Waals surface area contributed by atoms with Gasteiger partial charge in [-0.3, -0.25) is 4.90 Å². The van der Waals surface area contributed by atoms with Gasteiger partial charge in [-0.2, -0.15) is 0 Å². The van der Waals surface area contributed by atoms with Crippen LogP contribution in [0.2, 0.25) is 0 Å². The lowest BCUT2D eigenvalue weighted by atomic mass is 10.1. The van der Waals surface area contributed by atoms with Gasteiger partial charge in [0, 0.05) is 81.9 Å². The molecule has 3 aliphatic heterocycles. The fourth-order valence-electron chi connectivity index (χ4n) is 4.62. The van der Waals surface area contributed by atoms with Crippen molar-refractivity contribution in [2.45, 2.75) is 12.8 Å². The van der Waals surface area contributed by atoms with Crippen molar-refractivity contribution in [1.29, 1.82) is 0 Å². The van der Waals surface area contributed by atoms with E-state index < -0.39 is 0 Å². The van der Waals surface area contributed by atoms with Crippen molar-refractivity contribution < 1.29 is 4.74 Å². The van der Waals surface area contributed by atoms with Gasteiger partial charge in [0.25, 0.3) is 0 Å². The summed E-state index contributed by atoms with van der Waals surface area (Å²) in [5.74, 6) is 1.97. The molecule has 0 spiro atoms. The number of benzene rings is 1. The first-order valence-corrected chi connectivity index (χ1v) is 11.3. The Labute approximate surface area is 179 Å². The average Bonchev–Trinajstić information content (AvgIpc) is 3.23. The maximum absolute atomic E-state index is 5.45. The highest BCUT2D eigenvalue weighted by Gasteiger charge is 2.22. The van der Waals surface area contributed by atoms with Crippen molar-refractivity contribution in [3.8, 4) is 11.4 Å². The monoisotopic (exact) mass is 408 g/mol. The van der Waals surface area contributed by atoms with Crippen LogP contribution in [0.5, 0.6) is 0 Å². The molecule has 0 saturated carbocycles. The Hall–Kier alpha value is -2.22. The second kappa shape index (κ2) is 9.29. The summed E-state index contributed by atoms with van der Waals surface area (Å²) in [5, 5.41) is 3.41. The third-order valence-corrected chi connectivity index (χ3v) is 6.41. The van der Waals surface area contributed by atoms with Crippen molar-refractivity contribution in [3.63, 3.8) is 0 Å². The van der Waals surface area contributed by atoms with Crippen molar-refractivity contribution in [2.75, 3.05) is 81.9 Å². The zero-order valence-corrected chi connectivity index (χ0v) is 17.7. The average molecular weight is 409 g/mol. The summed E-state index contributed by atoms with van der Waals surface area (Å²) in [7, 11) is 0. The van der Waals surface area contributed by atoms with Gasteiger partial charge in [-0.15, -0.1) is 0 Å². The fraction of sp³-hybridized carbons (Fsp3) is 0.565. The molecule has 7 nitrogen and oxygen atoms in total. The Morgan fingerprint density at radius 3 is 2.53 bits per heavy atom. The first kappa shape index (κ1) is 19.7. The summed E-state index contributed by atoms with van der Waals surface area (Å²) in [6.45, 7) is 11.4. The van der Waals surface area contributed by atoms with E-state index in [0.29, 0.717) is 0 Å². The third-order valence-electron chi connectivity index (χ3n) is 6.41. The molecule has 0 amide bonds. The van der Waals surface area contributed by atoms with Crippen LogP contribution in [0.15, 0.2) is 30.5 Å². The summed E-state index contributed by atoms with van der Waals surface area (Å²) in [6.07, 6.45) is 4.25. The molecule has 0 bridgehead atoms. The van der Waals surface area contributed by atoms with Gasteiger partial charge < -0.3 is 19.9 Å². The van der Waals surface area contributed by atoms with Crippen molar-refractivity contribution >= 4 is 11.5 Å². The molecule has 0 aliphatic carbocycles. The molecule has 0 atom stereocenters. The lowest BCUT2D eigenvalue weighted by Crippen LogP contribution is -2.43. The quantitative estimate of drug-likeness (QED) is 0.780. The minimum atomic E-state index is 0.834. The molecular weight excluding hydrogens is 376 g/mol. The number of ether oxygens (including phenoxy) is 1. The molecule has 4 heterocycles. The van der Waals surface area contributed by atoms with Gasteiger partial charge >= 0.3 is 0 Å². The van der Waals surface area contributed by atoms with E-state index in [1.807, 2.05) is 6.20 Å². The van der Waals surface area contributed by atoms with Gasteiger partial charge in [0.15, 0.2) is 5.82 Å². The second-order valence-corrected chi connectivity index (χ2v) is 8.37. The summed E-state index contributed by atoms with van der Waals surface area (Å²) in [6, 6.07) is 8.74. The van der Waals surface area contributed by atoms with Gasteiger partial charge in [-0.1, -0.05) is 0 Å². The maximum atomic E-state index is 5.45. The fourth-order valence-corrected chi connectivity index (χ4v) is 4.62. The minimum Gasteiger partial charge on any atom is -0.379 e. The summed E-state index contributed by atoms with van der Waals surface area (Å²) < 4.78 is 5.45.